The molecule has 2 rings (SSSR count). The van der Waals surface area contributed by atoms with E-state index in [1.807, 2.05) is 0 Å². The lowest BCUT2D eigenvalue weighted by Gasteiger charge is -2.05. The normalized spacial score (nSPS) is 10.3. The summed E-state index contributed by atoms with van der Waals surface area (Å²) in [5.41, 5.74) is 1.27. The van der Waals surface area contributed by atoms with E-state index >= 15 is 0 Å². The summed E-state index contributed by atoms with van der Waals surface area (Å²) in [6.07, 6.45) is 1.00. The van der Waals surface area contributed by atoms with E-state index in [-0.39, 0.29) is 5.69 Å². The van der Waals surface area contributed by atoms with Gasteiger partial charge in [0, 0.05) is 4.88 Å². The number of anilines is 1. The molecule has 0 aliphatic heterocycles. The molecule has 5 nitrogen and oxygen atoms in total. The molecule has 0 aliphatic carbocycles. The second-order valence-electron chi connectivity index (χ2n) is 3.69. The fourth-order valence-corrected chi connectivity index (χ4v) is 2.46. The van der Waals surface area contributed by atoms with Crippen LogP contribution < -0.4 is 5.32 Å². The van der Waals surface area contributed by atoms with Gasteiger partial charge in [-0.1, -0.05) is 6.92 Å². The number of rotatable bonds is 5. The van der Waals surface area contributed by atoms with E-state index in [2.05, 4.69) is 33.9 Å². The van der Waals surface area contributed by atoms with Crippen molar-refractivity contribution in [1.29, 1.82) is 0 Å². The topological polar surface area (TPSA) is 75.1 Å². The van der Waals surface area contributed by atoms with Crippen LogP contribution >= 0.6 is 11.3 Å². The van der Waals surface area contributed by atoms with Gasteiger partial charge in [-0.25, -0.2) is 4.79 Å². The highest BCUT2D eigenvalue weighted by atomic mass is 32.1. The maximum atomic E-state index is 10.6. The summed E-state index contributed by atoms with van der Waals surface area (Å²) in [6, 6.07) is 5.17. The molecule has 0 amide bonds. The van der Waals surface area contributed by atoms with Gasteiger partial charge >= 0.3 is 5.97 Å². The minimum atomic E-state index is -1.07. The SMILES string of the molecule is CCc1ccsc1CNc1ccc(C(=O)O)nn1. The number of carboxylic acids is 1. The van der Waals surface area contributed by atoms with Crippen molar-refractivity contribution in [3.63, 3.8) is 0 Å². The van der Waals surface area contributed by atoms with Gasteiger partial charge in [-0.2, -0.15) is 0 Å². The van der Waals surface area contributed by atoms with E-state index in [9.17, 15) is 4.79 Å². The molecule has 0 saturated heterocycles. The van der Waals surface area contributed by atoms with Crippen molar-refractivity contribution >= 4 is 23.1 Å². The Morgan fingerprint density at radius 1 is 1.39 bits per heavy atom. The Morgan fingerprint density at radius 3 is 2.83 bits per heavy atom. The number of aryl methyl sites for hydroxylation is 1. The number of nitrogens with one attached hydrogen (secondary N) is 1. The maximum absolute atomic E-state index is 10.6. The summed E-state index contributed by atoms with van der Waals surface area (Å²) in [6.45, 7) is 2.80. The number of thiophene rings is 1. The first kappa shape index (κ1) is 12.5. The molecule has 18 heavy (non-hydrogen) atoms. The predicted octanol–water partition coefficient (Wildman–Crippen LogP) is 2.41. The molecule has 0 spiro atoms. The second kappa shape index (κ2) is 5.59. The van der Waals surface area contributed by atoms with Crippen LogP contribution in [0.3, 0.4) is 0 Å². The van der Waals surface area contributed by atoms with E-state index in [0.29, 0.717) is 12.4 Å². The lowest BCUT2D eigenvalue weighted by atomic mass is 10.2. The summed E-state index contributed by atoms with van der Waals surface area (Å²) >= 11 is 1.70. The zero-order valence-corrected chi connectivity index (χ0v) is 10.7. The van der Waals surface area contributed by atoms with Gasteiger partial charge < -0.3 is 10.4 Å². The first-order chi connectivity index (χ1) is 8.70. The maximum Gasteiger partial charge on any atom is 0.356 e. The Hall–Kier alpha value is -1.95. The number of carboxylic acid groups (broad SMARTS) is 1. The molecule has 0 unspecified atom stereocenters. The van der Waals surface area contributed by atoms with Crippen LogP contribution in [0, 0.1) is 0 Å². The molecule has 2 aromatic rings. The van der Waals surface area contributed by atoms with Crippen LogP contribution in [0.2, 0.25) is 0 Å². The van der Waals surface area contributed by atoms with Gasteiger partial charge in [-0.15, -0.1) is 21.5 Å². The molecule has 0 aliphatic rings. The Morgan fingerprint density at radius 2 is 2.22 bits per heavy atom. The van der Waals surface area contributed by atoms with Crippen LogP contribution in [0.5, 0.6) is 0 Å². The lowest BCUT2D eigenvalue weighted by Crippen LogP contribution is -2.06. The third kappa shape index (κ3) is 2.84. The average molecular weight is 263 g/mol. The van der Waals surface area contributed by atoms with Crippen molar-refractivity contribution < 1.29 is 9.90 Å². The molecule has 0 radical (unpaired) electrons. The van der Waals surface area contributed by atoms with Crippen molar-refractivity contribution in [2.24, 2.45) is 0 Å². The quantitative estimate of drug-likeness (QED) is 0.866. The first-order valence-corrected chi connectivity index (χ1v) is 6.44. The van der Waals surface area contributed by atoms with Crippen LogP contribution in [-0.2, 0) is 13.0 Å². The van der Waals surface area contributed by atoms with Crippen LogP contribution in [0.4, 0.5) is 5.82 Å². The van der Waals surface area contributed by atoms with Crippen LogP contribution in [-0.4, -0.2) is 21.3 Å². The van der Waals surface area contributed by atoms with E-state index in [0.717, 1.165) is 6.42 Å². The highest BCUT2D eigenvalue weighted by molar-refractivity contribution is 7.10. The Bertz CT molecular complexity index is 537. The largest absolute Gasteiger partial charge is 0.476 e. The highest BCUT2D eigenvalue weighted by Crippen LogP contribution is 2.18. The van der Waals surface area contributed by atoms with Gasteiger partial charge in [0.1, 0.15) is 5.82 Å². The predicted molar refractivity (Wildman–Crippen MR) is 70.0 cm³/mol. The van der Waals surface area contributed by atoms with Gasteiger partial charge in [0.05, 0.1) is 6.54 Å². The molecule has 0 saturated carbocycles. The summed E-state index contributed by atoms with van der Waals surface area (Å²) in [5.74, 6) is -0.490. The fourth-order valence-electron chi connectivity index (χ4n) is 1.55. The second-order valence-corrected chi connectivity index (χ2v) is 4.69. The summed E-state index contributed by atoms with van der Waals surface area (Å²) in [7, 11) is 0. The van der Waals surface area contributed by atoms with Gasteiger partial charge in [0.15, 0.2) is 5.69 Å². The summed E-state index contributed by atoms with van der Waals surface area (Å²) in [5, 5.41) is 21.3. The monoisotopic (exact) mass is 263 g/mol. The first-order valence-electron chi connectivity index (χ1n) is 5.57. The van der Waals surface area contributed by atoms with E-state index in [4.69, 9.17) is 5.11 Å². The van der Waals surface area contributed by atoms with Crippen molar-refractivity contribution in [2.45, 2.75) is 19.9 Å². The molecule has 6 heteroatoms. The van der Waals surface area contributed by atoms with Crippen molar-refractivity contribution in [3.8, 4) is 0 Å². The number of aromatic carboxylic acids is 1. The third-order valence-corrected chi connectivity index (χ3v) is 3.50. The molecular formula is C12H13N3O2S. The number of hydrogen-bond donors (Lipinski definition) is 2. The van der Waals surface area contributed by atoms with E-state index < -0.39 is 5.97 Å². The molecule has 0 bridgehead atoms. The molecule has 2 heterocycles. The lowest BCUT2D eigenvalue weighted by molar-refractivity contribution is 0.0689. The number of aromatic nitrogens is 2. The Labute approximate surface area is 109 Å². The Balaban J connectivity index is 2.00. The zero-order chi connectivity index (χ0) is 13.0. The van der Waals surface area contributed by atoms with Crippen LogP contribution in [0.15, 0.2) is 23.6 Å². The van der Waals surface area contributed by atoms with Crippen molar-refractivity contribution in [2.75, 3.05) is 5.32 Å². The van der Waals surface area contributed by atoms with Crippen LogP contribution in [0.25, 0.3) is 0 Å². The zero-order valence-electron chi connectivity index (χ0n) is 9.88. The molecule has 0 fully saturated rings. The number of carbonyl (C=O) groups is 1. The van der Waals surface area contributed by atoms with Crippen LogP contribution in [0.1, 0.15) is 27.9 Å². The number of nitrogens with zero attached hydrogens (tertiary/aromatic N) is 2. The smallest absolute Gasteiger partial charge is 0.356 e. The Kier molecular flexibility index (Phi) is 3.88. The van der Waals surface area contributed by atoms with E-state index in [1.165, 1.54) is 16.5 Å². The van der Waals surface area contributed by atoms with Crippen molar-refractivity contribution in [3.05, 3.63) is 39.7 Å². The minimum Gasteiger partial charge on any atom is -0.476 e. The highest BCUT2D eigenvalue weighted by Gasteiger charge is 2.06. The van der Waals surface area contributed by atoms with Gasteiger partial charge in [-0.05, 0) is 35.6 Å². The molecule has 2 N–H and O–H groups in total. The fraction of sp³-hybridized carbons (Fsp3) is 0.250. The van der Waals surface area contributed by atoms with E-state index in [1.54, 1.807) is 17.4 Å². The summed E-state index contributed by atoms with van der Waals surface area (Å²) < 4.78 is 0. The van der Waals surface area contributed by atoms with Gasteiger partial charge in [-0.3, -0.25) is 0 Å². The van der Waals surface area contributed by atoms with Gasteiger partial charge in [0.25, 0.3) is 0 Å². The molecule has 94 valence electrons. The molecule has 0 aromatic carbocycles. The van der Waals surface area contributed by atoms with Crippen molar-refractivity contribution in [1.82, 2.24) is 10.2 Å². The van der Waals surface area contributed by atoms with Gasteiger partial charge in [0.2, 0.25) is 0 Å². The molecular weight excluding hydrogens is 250 g/mol. The summed E-state index contributed by atoms with van der Waals surface area (Å²) in [4.78, 5) is 11.9. The minimum absolute atomic E-state index is 0.0501. The third-order valence-electron chi connectivity index (χ3n) is 2.53. The molecule has 0 atom stereocenters. The molecule has 2 aromatic heterocycles. The standard InChI is InChI=1S/C12H13N3O2S/c1-2-8-5-6-18-10(8)7-13-11-4-3-9(12(16)17)14-15-11/h3-6H,2,7H2,1H3,(H,13,15)(H,16,17). The number of hydrogen-bond acceptors (Lipinski definition) is 5. The average Bonchev–Trinajstić information content (AvgIpc) is 2.84.